The maximum Gasteiger partial charge on any atom is 0.335 e. The predicted octanol–water partition coefficient (Wildman–Crippen LogP) is 1.88. The molecule has 0 aromatic heterocycles. The molecule has 0 radical (unpaired) electrons. The molecule has 4 nitrogen and oxygen atoms in total. The largest absolute Gasteiger partial charge is 0.478 e. The Morgan fingerprint density at radius 3 is 2.62 bits per heavy atom. The maximum absolute atomic E-state index is 10.8. The SMILES string of the molecule is CCC(CO)Nc1ccc(C(=O)O)c(C)c1. The topological polar surface area (TPSA) is 69.6 Å². The van der Waals surface area contributed by atoms with Gasteiger partial charge in [0.1, 0.15) is 0 Å². The third-order valence-electron chi connectivity index (χ3n) is 2.54. The van der Waals surface area contributed by atoms with Gasteiger partial charge in [0, 0.05) is 11.7 Å². The molecule has 0 heterocycles. The monoisotopic (exact) mass is 223 g/mol. The fraction of sp³-hybridized carbons (Fsp3) is 0.417. The van der Waals surface area contributed by atoms with Gasteiger partial charge in [-0.3, -0.25) is 0 Å². The summed E-state index contributed by atoms with van der Waals surface area (Å²) < 4.78 is 0. The number of aromatic carboxylic acids is 1. The number of carboxylic acids is 1. The molecule has 0 saturated heterocycles. The van der Waals surface area contributed by atoms with Crippen molar-refractivity contribution in [1.82, 2.24) is 0 Å². The molecule has 0 fully saturated rings. The van der Waals surface area contributed by atoms with Crippen molar-refractivity contribution in [3.63, 3.8) is 0 Å². The van der Waals surface area contributed by atoms with E-state index in [4.69, 9.17) is 10.2 Å². The Bertz CT molecular complexity index is 373. The lowest BCUT2D eigenvalue weighted by Crippen LogP contribution is -2.22. The minimum atomic E-state index is -0.918. The number of aryl methyl sites for hydroxylation is 1. The number of carbonyl (C=O) groups is 1. The highest BCUT2D eigenvalue weighted by Crippen LogP contribution is 2.16. The third kappa shape index (κ3) is 2.97. The number of rotatable bonds is 5. The number of aliphatic hydroxyl groups excluding tert-OH is 1. The van der Waals surface area contributed by atoms with E-state index in [1.807, 2.05) is 6.92 Å². The Morgan fingerprint density at radius 1 is 1.50 bits per heavy atom. The molecule has 88 valence electrons. The van der Waals surface area contributed by atoms with Gasteiger partial charge in [0.15, 0.2) is 0 Å². The van der Waals surface area contributed by atoms with Gasteiger partial charge >= 0.3 is 5.97 Å². The quantitative estimate of drug-likeness (QED) is 0.712. The smallest absolute Gasteiger partial charge is 0.335 e. The maximum atomic E-state index is 10.8. The zero-order chi connectivity index (χ0) is 12.1. The second-order valence-corrected chi connectivity index (χ2v) is 3.77. The van der Waals surface area contributed by atoms with Crippen LogP contribution in [0.25, 0.3) is 0 Å². The van der Waals surface area contributed by atoms with Gasteiger partial charge < -0.3 is 15.5 Å². The molecule has 16 heavy (non-hydrogen) atoms. The van der Waals surface area contributed by atoms with Gasteiger partial charge in [-0.2, -0.15) is 0 Å². The summed E-state index contributed by atoms with van der Waals surface area (Å²) in [5.74, 6) is -0.918. The number of benzene rings is 1. The van der Waals surface area contributed by atoms with E-state index in [-0.39, 0.29) is 12.6 Å². The summed E-state index contributed by atoms with van der Waals surface area (Å²) in [4.78, 5) is 10.8. The Morgan fingerprint density at radius 2 is 2.19 bits per heavy atom. The van der Waals surface area contributed by atoms with Crippen LogP contribution in [0.1, 0.15) is 29.3 Å². The molecule has 4 heteroatoms. The third-order valence-corrected chi connectivity index (χ3v) is 2.54. The molecule has 0 spiro atoms. The van der Waals surface area contributed by atoms with E-state index < -0.39 is 5.97 Å². The van der Waals surface area contributed by atoms with Gasteiger partial charge in [-0.1, -0.05) is 6.92 Å². The van der Waals surface area contributed by atoms with Crippen molar-refractivity contribution in [2.75, 3.05) is 11.9 Å². The van der Waals surface area contributed by atoms with Gasteiger partial charge in [0.25, 0.3) is 0 Å². The zero-order valence-corrected chi connectivity index (χ0v) is 9.53. The Kier molecular flexibility index (Phi) is 4.31. The summed E-state index contributed by atoms with van der Waals surface area (Å²) in [6, 6.07) is 5.08. The minimum Gasteiger partial charge on any atom is -0.478 e. The van der Waals surface area contributed by atoms with Crippen molar-refractivity contribution < 1.29 is 15.0 Å². The molecular weight excluding hydrogens is 206 g/mol. The lowest BCUT2D eigenvalue weighted by Gasteiger charge is -2.16. The standard InChI is InChI=1S/C12H17NO3/c1-3-9(7-14)13-10-4-5-11(12(15)16)8(2)6-10/h4-6,9,13-14H,3,7H2,1-2H3,(H,15,16). The number of aliphatic hydroxyl groups is 1. The van der Waals surface area contributed by atoms with Crippen LogP contribution >= 0.6 is 0 Å². The molecule has 1 aromatic carbocycles. The van der Waals surface area contributed by atoms with E-state index in [0.717, 1.165) is 12.1 Å². The predicted molar refractivity (Wildman–Crippen MR) is 62.9 cm³/mol. The average molecular weight is 223 g/mol. The summed E-state index contributed by atoms with van der Waals surface area (Å²) in [5.41, 5.74) is 1.86. The first-order valence-corrected chi connectivity index (χ1v) is 5.29. The summed E-state index contributed by atoms with van der Waals surface area (Å²) in [7, 11) is 0. The van der Waals surface area contributed by atoms with Gasteiger partial charge in [-0.15, -0.1) is 0 Å². The van der Waals surface area contributed by atoms with Crippen LogP contribution in [0, 0.1) is 6.92 Å². The average Bonchev–Trinajstić information content (AvgIpc) is 2.25. The molecule has 0 aliphatic carbocycles. The van der Waals surface area contributed by atoms with Crippen LogP contribution in [-0.4, -0.2) is 28.8 Å². The molecular formula is C12H17NO3. The van der Waals surface area contributed by atoms with Crippen molar-refractivity contribution in [3.05, 3.63) is 29.3 Å². The van der Waals surface area contributed by atoms with Crippen LogP contribution in [0.2, 0.25) is 0 Å². The van der Waals surface area contributed by atoms with Crippen LogP contribution in [-0.2, 0) is 0 Å². The van der Waals surface area contributed by atoms with Gasteiger partial charge in [-0.05, 0) is 37.1 Å². The Labute approximate surface area is 94.9 Å². The van der Waals surface area contributed by atoms with E-state index >= 15 is 0 Å². The number of hydrogen-bond acceptors (Lipinski definition) is 3. The molecule has 0 bridgehead atoms. The van der Waals surface area contributed by atoms with E-state index in [9.17, 15) is 4.79 Å². The highest BCUT2D eigenvalue weighted by molar-refractivity contribution is 5.89. The van der Waals surface area contributed by atoms with Crippen LogP contribution in [0.15, 0.2) is 18.2 Å². The van der Waals surface area contributed by atoms with E-state index in [2.05, 4.69) is 5.32 Å². The zero-order valence-electron chi connectivity index (χ0n) is 9.53. The number of hydrogen-bond donors (Lipinski definition) is 3. The number of nitrogens with one attached hydrogen (secondary N) is 1. The summed E-state index contributed by atoms with van der Waals surface area (Å²) in [6.07, 6.45) is 0.816. The van der Waals surface area contributed by atoms with Crippen molar-refractivity contribution in [2.45, 2.75) is 26.3 Å². The minimum absolute atomic E-state index is 0.00933. The highest BCUT2D eigenvalue weighted by atomic mass is 16.4. The molecule has 1 rings (SSSR count). The van der Waals surface area contributed by atoms with Gasteiger partial charge in [-0.25, -0.2) is 4.79 Å². The van der Waals surface area contributed by atoms with Crippen LogP contribution in [0.4, 0.5) is 5.69 Å². The Balaban J connectivity index is 2.84. The lowest BCUT2D eigenvalue weighted by molar-refractivity contribution is 0.0696. The molecule has 0 saturated carbocycles. The number of carboxylic acid groups (broad SMARTS) is 1. The second kappa shape index (κ2) is 5.51. The first kappa shape index (κ1) is 12.5. The summed E-state index contributed by atoms with van der Waals surface area (Å²) in [5, 5.41) is 21.1. The van der Waals surface area contributed by atoms with E-state index in [1.165, 1.54) is 0 Å². The van der Waals surface area contributed by atoms with Crippen molar-refractivity contribution in [2.24, 2.45) is 0 Å². The molecule has 3 N–H and O–H groups in total. The van der Waals surface area contributed by atoms with Crippen molar-refractivity contribution in [1.29, 1.82) is 0 Å². The van der Waals surface area contributed by atoms with Crippen LogP contribution < -0.4 is 5.32 Å². The first-order chi connectivity index (χ1) is 7.58. The van der Waals surface area contributed by atoms with Crippen molar-refractivity contribution in [3.8, 4) is 0 Å². The Hall–Kier alpha value is -1.55. The molecule has 1 atom stereocenters. The van der Waals surface area contributed by atoms with Gasteiger partial charge in [0.05, 0.1) is 12.2 Å². The molecule has 1 unspecified atom stereocenters. The fourth-order valence-corrected chi connectivity index (χ4v) is 1.51. The molecule has 0 aliphatic heterocycles. The molecule has 0 amide bonds. The second-order valence-electron chi connectivity index (χ2n) is 3.77. The highest BCUT2D eigenvalue weighted by Gasteiger charge is 2.09. The van der Waals surface area contributed by atoms with Crippen molar-refractivity contribution >= 4 is 11.7 Å². The number of anilines is 1. The lowest BCUT2D eigenvalue weighted by atomic mass is 10.1. The molecule has 0 aliphatic rings. The summed E-state index contributed by atoms with van der Waals surface area (Å²) in [6.45, 7) is 3.80. The fourth-order valence-electron chi connectivity index (χ4n) is 1.51. The molecule has 1 aromatic rings. The van der Waals surface area contributed by atoms with E-state index in [0.29, 0.717) is 11.1 Å². The first-order valence-electron chi connectivity index (χ1n) is 5.29. The van der Waals surface area contributed by atoms with Gasteiger partial charge in [0.2, 0.25) is 0 Å². The van der Waals surface area contributed by atoms with Crippen LogP contribution in [0.5, 0.6) is 0 Å². The normalized spacial score (nSPS) is 12.2. The van der Waals surface area contributed by atoms with Crippen LogP contribution in [0.3, 0.4) is 0 Å². The van der Waals surface area contributed by atoms with E-state index in [1.54, 1.807) is 25.1 Å². The summed E-state index contributed by atoms with van der Waals surface area (Å²) >= 11 is 0.